The lowest BCUT2D eigenvalue weighted by Crippen LogP contribution is -2.24. The monoisotopic (exact) mass is 213 g/mol. The zero-order valence-electron chi connectivity index (χ0n) is 7.51. The summed E-state index contributed by atoms with van der Waals surface area (Å²) in [5, 5.41) is 8.88. The van der Waals surface area contributed by atoms with Gasteiger partial charge in [-0.25, -0.2) is 0 Å². The summed E-state index contributed by atoms with van der Waals surface area (Å²) in [7, 11) is 0. The molecule has 4 heteroatoms. The van der Waals surface area contributed by atoms with Gasteiger partial charge in [-0.1, -0.05) is 24.3 Å². The summed E-state index contributed by atoms with van der Waals surface area (Å²) >= 11 is 0. The first-order chi connectivity index (χ1) is 6.20. The van der Waals surface area contributed by atoms with E-state index in [1.54, 1.807) is 0 Å². The molecule has 0 saturated carbocycles. The third kappa shape index (κ3) is 1.61. The van der Waals surface area contributed by atoms with Crippen LogP contribution in [0.25, 0.3) is 0 Å². The molecular formula is C10H12ClNO2. The Labute approximate surface area is 88.3 Å². The van der Waals surface area contributed by atoms with Crippen LogP contribution in [0, 0.1) is 5.92 Å². The Morgan fingerprint density at radius 1 is 1.43 bits per heavy atom. The second kappa shape index (κ2) is 3.98. The molecule has 76 valence electrons. The van der Waals surface area contributed by atoms with Crippen molar-refractivity contribution in [2.24, 2.45) is 11.7 Å². The summed E-state index contributed by atoms with van der Waals surface area (Å²) in [5.41, 5.74) is 7.86. The molecule has 0 unspecified atom stereocenters. The van der Waals surface area contributed by atoms with Gasteiger partial charge >= 0.3 is 5.97 Å². The maximum atomic E-state index is 10.8. The highest BCUT2D eigenvalue weighted by atomic mass is 35.5. The Kier molecular flexibility index (Phi) is 3.13. The van der Waals surface area contributed by atoms with Gasteiger partial charge in [0.25, 0.3) is 0 Å². The highest BCUT2D eigenvalue weighted by Crippen LogP contribution is 2.33. The van der Waals surface area contributed by atoms with Crippen molar-refractivity contribution < 1.29 is 9.90 Å². The van der Waals surface area contributed by atoms with Crippen molar-refractivity contribution in [1.82, 2.24) is 0 Å². The summed E-state index contributed by atoms with van der Waals surface area (Å²) in [6.07, 6.45) is 0.562. The first kappa shape index (κ1) is 11.0. The Balaban J connectivity index is 0.000000980. The van der Waals surface area contributed by atoms with Crippen LogP contribution in [0.3, 0.4) is 0 Å². The van der Waals surface area contributed by atoms with Crippen LogP contribution >= 0.6 is 12.4 Å². The molecule has 1 aliphatic rings. The van der Waals surface area contributed by atoms with E-state index in [1.165, 1.54) is 0 Å². The average molecular weight is 214 g/mol. The van der Waals surface area contributed by atoms with E-state index in [9.17, 15) is 4.79 Å². The number of fused-ring (bicyclic) bond motifs is 1. The van der Waals surface area contributed by atoms with Gasteiger partial charge in [0.15, 0.2) is 0 Å². The molecule has 0 bridgehead atoms. The van der Waals surface area contributed by atoms with Gasteiger partial charge in [-0.15, -0.1) is 12.4 Å². The van der Waals surface area contributed by atoms with Crippen LogP contribution < -0.4 is 5.73 Å². The van der Waals surface area contributed by atoms with E-state index in [0.29, 0.717) is 6.42 Å². The number of carboxylic acid groups (broad SMARTS) is 1. The number of halogens is 1. The van der Waals surface area contributed by atoms with Gasteiger partial charge in [-0.05, 0) is 17.5 Å². The van der Waals surface area contributed by atoms with Gasteiger partial charge in [0.1, 0.15) is 0 Å². The number of nitrogens with two attached hydrogens (primary N) is 1. The molecule has 2 rings (SSSR count). The van der Waals surface area contributed by atoms with Crippen molar-refractivity contribution in [2.45, 2.75) is 12.5 Å². The van der Waals surface area contributed by atoms with Crippen LogP contribution in [0.15, 0.2) is 24.3 Å². The smallest absolute Gasteiger partial charge is 0.308 e. The molecule has 3 nitrogen and oxygen atoms in total. The Morgan fingerprint density at radius 2 is 2.07 bits per heavy atom. The van der Waals surface area contributed by atoms with Crippen LogP contribution in [-0.4, -0.2) is 11.1 Å². The maximum absolute atomic E-state index is 10.8. The lowest BCUT2D eigenvalue weighted by atomic mass is 10.0. The van der Waals surface area contributed by atoms with Gasteiger partial charge in [-0.2, -0.15) is 0 Å². The summed E-state index contributed by atoms with van der Waals surface area (Å²) in [6.45, 7) is 0. The molecule has 0 aliphatic heterocycles. The van der Waals surface area contributed by atoms with E-state index in [-0.39, 0.29) is 18.4 Å². The number of carbonyl (C=O) groups is 1. The van der Waals surface area contributed by atoms with E-state index in [2.05, 4.69) is 0 Å². The summed E-state index contributed by atoms with van der Waals surface area (Å²) < 4.78 is 0. The van der Waals surface area contributed by atoms with Crippen LogP contribution in [0.2, 0.25) is 0 Å². The fraction of sp³-hybridized carbons (Fsp3) is 0.300. The second-order valence-corrected chi connectivity index (χ2v) is 3.37. The standard InChI is InChI=1S/C10H11NO2.ClH/c11-9-7-4-2-1-3-6(7)5-8(9)10(12)13;/h1-4,8-9H,5,11H2,(H,12,13);1H/t8-,9+;/m0./s1. The van der Waals surface area contributed by atoms with E-state index in [1.807, 2.05) is 24.3 Å². The largest absolute Gasteiger partial charge is 0.481 e. The highest BCUT2D eigenvalue weighted by Gasteiger charge is 2.34. The number of carboxylic acids is 1. The van der Waals surface area contributed by atoms with Crippen molar-refractivity contribution >= 4 is 18.4 Å². The van der Waals surface area contributed by atoms with Gasteiger partial charge in [0.2, 0.25) is 0 Å². The normalized spacial score (nSPS) is 23.8. The summed E-state index contributed by atoms with van der Waals surface area (Å²) in [6, 6.07) is 7.31. The fourth-order valence-corrected chi connectivity index (χ4v) is 1.87. The molecule has 2 atom stereocenters. The molecule has 1 aromatic rings. The van der Waals surface area contributed by atoms with Gasteiger partial charge in [0, 0.05) is 6.04 Å². The van der Waals surface area contributed by atoms with Crippen LogP contribution in [0.4, 0.5) is 0 Å². The first-order valence-electron chi connectivity index (χ1n) is 4.26. The molecule has 0 aromatic heterocycles. The number of benzene rings is 1. The van der Waals surface area contributed by atoms with Crippen molar-refractivity contribution in [3.8, 4) is 0 Å². The molecule has 0 spiro atoms. The van der Waals surface area contributed by atoms with Crippen molar-refractivity contribution in [3.63, 3.8) is 0 Å². The van der Waals surface area contributed by atoms with E-state index in [0.717, 1.165) is 11.1 Å². The predicted octanol–water partition coefficient (Wildman–Crippen LogP) is 1.37. The van der Waals surface area contributed by atoms with Crippen LogP contribution in [-0.2, 0) is 11.2 Å². The molecule has 0 radical (unpaired) electrons. The minimum Gasteiger partial charge on any atom is -0.481 e. The molecule has 14 heavy (non-hydrogen) atoms. The molecular weight excluding hydrogens is 202 g/mol. The van der Waals surface area contributed by atoms with Crippen LogP contribution in [0.1, 0.15) is 17.2 Å². The number of aliphatic carboxylic acids is 1. The molecule has 0 heterocycles. The number of rotatable bonds is 1. The molecule has 1 aromatic carbocycles. The minimum atomic E-state index is -0.802. The van der Waals surface area contributed by atoms with Gasteiger partial charge in [-0.3, -0.25) is 4.79 Å². The Bertz CT molecular complexity index is 354. The van der Waals surface area contributed by atoms with E-state index < -0.39 is 11.9 Å². The van der Waals surface area contributed by atoms with Crippen molar-refractivity contribution in [2.75, 3.05) is 0 Å². The molecule has 1 aliphatic carbocycles. The fourth-order valence-electron chi connectivity index (χ4n) is 1.87. The Morgan fingerprint density at radius 3 is 2.64 bits per heavy atom. The Hall–Kier alpha value is -1.06. The molecule has 0 fully saturated rings. The predicted molar refractivity (Wildman–Crippen MR) is 55.4 cm³/mol. The minimum absolute atomic E-state index is 0. The first-order valence-corrected chi connectivity index (χ1v) is 4.26. The van der Waals surface area contributed by atoms with Gasteiger partial charge in [0.05, 0.1) is 5.92 Å². The number of hydrogen-bond acceptors (Lipinski definition) is 2. The van der Waals surface area contributed by atoms with Gasteiger partial charge < -0.3 is 10.8 Å². The SMILES string of the molecule is Cl.N[C@@H]1c2ccccc2C[C@@H]1C(=O)O. The quantitative estimate of drug-likeness (QED) is 0.741. The van der Waals surface area contributed by atoms with Crippen LogP contribution in [0.5, 0.6) is 0 Å². The zero-order chi connectivity index (χ0) is 9.42. The van der Waals surface area contributed by atoms with E-state index in [4.69, 9.17) is 10.8 Å². The highest BCUT2D eigenvalue weighted by molar-refractivity contribution is 5.85. The molecule has 0 amide bonds. The van der Waals surface area contributed by atoms with Crippen molar-refractivity contribution in [3.05, 3.63) is 35.4 Å². The summed E-state index contributed by atoms with van der Waals surface area (Å²) in [4.78, 5) is 10.8. The average Bonchev–Trinajstić information content (AvgIpc) is 2.45. The topological polar surface area (TPSA) is 63.3 Å². The third-order valence-electron chi connectivity index (χ3n) is 2.60. The second-order valence-electron chi connectivity index (χ2n) is 3.37. The van der Waals surface area contributed by atoms with Crippen molar-refractivity contribution in [1.29, 1.82) is 0 Å². The lowest BCUT2D eigenvalue weighted by molar-refractivity contribution is -0.142. The molecule has 0 saturated heterocycles. The maximum Gasteiger partial charge on any atom is 0.308 e. The summed E-state index contributed by atoms with van der Waals surface area (Å²) in [5.74, 6) is -1.25. The molecule has 3 N–H and O–H groups in total. The van der Waals surface area contributed by atoms with E-state index >= 15 is 0 Å². The number of hydrogen-bond donors (Lipinski definition) is 2. The third-order valence-corrected chi connectivity index (χ3v) is 2.60. The lowest BCUT2D eigenvalue weighted by Gasteiger charge is -2.09. The zero-order valence-corrected chi connectivity index (χ0v) is 8.33.